The lowest BCUT2D eigenvalue weighted by atomic mass is 9.93. The van der Waals surface area contributed by atoms with Gasteiger partial charge in [0.05, 0.1) is 5.41 Å². The van der Waals surface area contributed by atoms with Crippen LogP contribution in [0.3, 0.4) is 0 Å². The number of nitrogens with zero attached hydrogens (tertiary/aromatic N) is 2. The number of rotatable bonds is 3. The summed E-state index contributed by atoms with van der Waals surface area (Å²) in [7, 11) is 0. The van der Waals surface area contributed by atoms with E-state index in [1.165, 1.54) is 6.33 Å². The molecular formula is C9H12Cl2N4O. The highest BCUT2D eigenvalue weighted by Gasteiger charge is 2.27. The molecule has 3 N–H and O–H groups in total. The van der Waals surface area contributed by atoms with Crippen molar-refractivity contribution >= 4 is 34.8 Å². The highest BCUT2D eigenvalue weighted by atomic mass is 35.5. The van der Waals surface area contributed by atoms with Crippen molar-refractivity contribution in [2.24, 2.45) is 11.1 Å². The largest absolute Gasteiger partial charge is 0.329 e. The lowest BCUT2D eigenvalue weighted by Crippen LogP contribution is -2.37. The maximum absolute atomic E-state index is 11.8. The molecule has 0 atom stereocenters. The van der Waals surface area contributed by atoms with Crippen LogP contribution in [0.25, 0.3) is 0 Å². The van der Waals surface area contributed by atoms with Crippen LogP contribution in [0.2, 0.25) is 10.3 Å². The first-order chi connectivity index (χ1) is 7.38. The van der Waals surface area contributed by atoms with Gasteiger partial charge in [0.1, 0.15) is 12.0 Å². The predicted molar refractivity (Wildman–Crippen MR) is 63.5 cm³/mol. The fraction of sp³-hybridized carbons (Fsp3) is 0.444. The van der Waals surface area contributed by atoms with Gasteiger partial charge in [-0.25, -0.2) is 9.97 Å². The summed E-state index contributed by atoms with van der Waals surface area (Å²) >= 11 is 11.6. The summed E-state index contributed by atoms with van der Waals surface area (Å²) in [5.41, 5.74) is 4.98. The second-order valence-corrected chi connectivity index (χ2v) is 4.59. The van der Waals surface area contributed by atoms with Crippen LogP contribution >= 0.6 is 23.2 Å². The van der Waals surface area contributed by atoms with Gasteiger partial charge < -0.3 is 11.1 Å². The van der Waals surface area contributed by atoms with Crippen molar-refractivity contribution in [3.05, 3.63) is 16.6 Å². The second kappa shape index (κ2) is 4.95. The molecule has 5 nitrogen and oxygen atoms in total. The quantitative estimate of drug-likeness (QED) is 0.813. The summed E-state index contributed by atoms with van der Waals surface area (Å²) in [5.74, 6) is -0.284. The smallest absolute Gasteiger partial charge is 0.231 e. The fourth-order valence-electron chi connectivity index (χ4n) is 0.823. The Morgan fingerprint density at radius 1 is 1.44 bits per heavy atom. The standard InChI is InChI=1S/C9H12Cl2N4O/c1-9(2,3-12)8(16)15-5-6(10)13-4-14-7(5)11/h4H,3,12H2,1-2H3,(H,15,16). The van der Waals surface area contributed by atoms with Crippen LogP contribution in [0, 0.1) is 5.41 Å². The predicted octanol–water partition coefficient (Wildman–Crippen LogP) is 1.71. The zero-order valence-corrected chi connectivity index (χ0v) is 10.4. The van der Waals surface area contributed by atoms with E-state index in [2.05, 4.69) is 15.3 Å². The molecule has 0 saturated carbocycles. The molecule has 1 rings (SSSR count). The summed E-state index contributed by atoms with van der Waals surface area (Å²) in [6.45, 7) is 3.64. The number of carbonyl (C=O) groups is 1. The van der Waals surface area contributed by atoms with Crippen molar-refractivity contribution in [2.75, 3.05) is 11.9 Å². The Labute approximate surface area is 103 Å². The van der Waals surface area contributed by atoms with Gasteiger partial charge in [-0.1, -0.05) is 23.2 Å². The van der Waals surface area contributed by atoms with Crippen molar-refractivity contribution in [2.45, 2.75) is 13.8 Å². The minimum absolute atomic E-state index is 0.0983. The molecule has 0 aromatic carbocycles. The number of carbonyl (C=O) groups excluding carboxylic acids is 1. The SMILES string of the molecule is CC(C)(CN)C(=O)Nc1c(Cl)ncnc1Cl. The molecule has 16 heavy (non-hydrogen) atoms. The number of nitrogens with two attached hydrogens (primary N) is 1. The summed E-state index contributed by atoms with van der Waals surface area (Å²) < 4.78 is 0. The van der Waals surface area contributed by atoms with E-state index in [9.17, 15) is 4.79 Å². The number of aromatic nitrogens is 2. The van der Waals surface area contributed by atoms with Crippen LogP contribution in [-0.2, 0) is 4.79 Å². The number of hydrogen-bond donors (Lipinski definition) is 2. The molecule has 7 heteroatoms. The molecule has 0 bridgehead atoms. The summed E-state index contributed by atoms with van der Waals surface area (Å²) in [6, 6.07) is 0. The number of amides is 1. The zero-order valence-electron chi connectivity index (χ0n) is 8.92. The van der Waals surface area contributed by atoms with Gasteiger partial charge in [0.2, 0.25) is 5.91 Å². The van der Waals surface area contributed by atoms with Gasteiger partial charge in [-0.3, -0.25) is 4.79 Å². The average molecular weight is 263 g/mol. The third-order valence-electron chi connectivity index (χ3n) is 2.12. The molecule has 0 fully saturated rings. The maximum Gasteiger partial charge on any atom is 0.231 e. The van der Waals surface area contributed by atoms with E-state index >= 15 is 0 Å². The maximum atomic E-state index is 11.8. The molecule has 0 unspecified atom stereocenters. The molecule has 1 aromatic heterocycles. The van der Waals surface area contributed by atoms with Crippen LogP contribution in [0.1, 0.15) is 13.8 Å². The molecular weight excluding hydrogens is 251 g/mol. The van der Waals surface area contributed by atoms with Crippen LogP contribution in [0.15, 0.2) is 6.33 Å². The molecule has 1 heterocycles. The second-order valence-electron chi connectivity index (χ2n) is 3.87. The van der Waals surface area contributed by atoms with Gasteiger partial charge in [0, 0.05) is 6.54 Å². The molecule has 1 aromatic rings. The first kappa shape index (κ1) is 13.2. The van der Waals surface area contributed by atoms with Gasteiger partial charge >= 0.3 is 0 Å². The van der Waals surface area contributed by atoms with E-state index in [1.54, 1.807) is 13.8 Å². The van der Waals surface area contributed by atoms with Crippen LogP contribution in [0.4, 0.5) is 5.69 Å². The Balaban J connectivity index is 2.94. The van der Waals surface area contributed by atoms with Crippen LogP contribution < -0.4 is 11.1 Å². The molecule has 0 aliphatic heterocycles. The summed E-state index contributed by atoms with van der Waals surface area (Å²) in [5, 5.41) is 2.76. The van der Waals surface area contributed by atoms with Gasteiger partial charge in [-0.15, -0.1) is 0 Å². The van der Waals surface area contributed by atoms with Crippen molar-refractivity contribution in [1.82, 2.24) is 9.97 Å². The third-order valence-corrected chi connectivity index (χ3v) is 2.69. The van der Waals surface area contributed by atoms with Gasteiger partial charge in [0.25, 0.3) is 0 Å². The number of anilines is 1. The minimum Gasteiger partial charge on any atom is -0.329 e. The Hall–Kier alpha value is -0.910. The zero-order chi connectivity index (χ0) is 12.3. The molecule has 0 saturated heterocycles. The van der Waals surface area contributed by atoms with E-state index in [0.717, 1.165) is 0 Å². The monoisotopic (exact) mass is 262 g/mol. The van der Waals surface area contributed by atoms with E-state index in [1.807, 2.05) is 0 Å². The van der Waals surface area contributed by atoms with E-state index < -0.39 is 5.41 Å². The Bertz CT molecular complexity index is 388. The Kier molecular flexibility index (Phi) is 4.07. The van der Waals surface area contributed by atoms with Crippen LogP contribution in [-0.4, -0.2) is 22.4 Å². The lowest BCUT2D eigenvalue weighted by molar-refractivity contribution is -0.123. The van der Waals surface area contributed by atoms with Crippen LogP contribution in [0.5, 0.6) is 0 Å². The number of hydrogen-bond acceptors (Lipinski definition) is 4. The molecule has 0 spiro atoms. The number of halogens is 2. The van der Waals surface area contributed by atoms with Crippen molar-refractivity contribution in [1.29, 1.82) is 0 Å². The van der Waals surface area contributed by atoms with E-state index in [0.29, 0.717) is 0 Å². The molecule has 0 radical (unpaired) electrons. The van der Waals surface area contributed by atoms with Crippen molar-refractivity contribution < 1.29 is 4.79 Å². The highest BCUT2D eigenvalue weighted by Crippen LogP contribution is 2.27. The van der Waals surface area contributed by atoms with E-state index in [-0.39, 0.29) is 28.4 Å². The normalized spacial score (nSPS) is 11.3. The summed E-state index contributed by atoms with van der Waals surface area (Å²) in [4.78, 5) is 19.3. The average Bonchev–Trinajstić information content (AvgIpc) is 2.23. The van der Waals surface area contributed by atoms with Crippen molar-refractivity contribution in [3.63, 3.8) is 0 Å². The fourth-order valence-corrected chi connectivity index (χ4v) is 1.23. The molecule has 1 amide bonds. The Morgan fingerprint density at radius 2 is 1.94 bits per heavy atom. The first-order valence-corrected chi connectivity index (χ1v) is 5.31. The van der Waals surface area contributed by atoms with Gasteiger partial charge in [-0.05, 0) is 13.8 Å². The third kappa shape index (κ3) is 2.81. The number of nitrogens with one attached hydrogen (secondary N) is 1. The molecule has 88 valence electrons. The first-order valence-electron chi connectivity index (χ1n) is 4.56. The molecule has 0 aliphatic rings. The van der Waals surface area contributed by atoms with E-state index in [4.69, 9.17) is 28.9 Å². The lowest BCUT2D eigenvalue weighted by Gasteiger charge is -2.21. The molecule has 0 aliphatic carbocycles. The minimum atomic E-state index is -0.706. The topological polar surface area (TPSA) is 80.9 Å². The van der Waals surface area contributed by atoms with Gasteiger partial charge in [-0.2, -0.15) is 0 Å². The summed E-state index contributed by atoms with van der Waals surface area (Å²) in [6.07, 6.45) is 1.22. The Morgan fingerprint density at radius 3 is 2.38 bits per heavy atom. The van der Waals surface area contributed by atoms with Gasteiger partial charge in [0.15, 0.2) is 10.3 Å². The van der Waals surface area contributed by atoms with Crippen molar-refractivity contribution in [3.8, 4) is 0 Å². The highest BCUT2D eigenvalue weighted by molar-refractivity contribution is 6.38.